The molecule has 0 radical (unpaired) electrons. The van der Waals surface area contributed by atoms with E-state index in [2.05, 4.69) is 4.90 Å². The number of rotatable bonds is 5. The maximum atomic E-state index is 10.1. The predicted molar refractivity (Wildman–Crippen MR) is 77.4 cm³/mol. The van der Waals surface area contributed by atoms with Crippen LogP contribution in [-0.4, -0.2) is 51.7 Å². The lowest BCUT2D eigenvalue weighted by Gasteiger charge is -2.24. The largest absolute Gasteiger partial charge is 0.496 e. The number of nitrogens with zero attached hydrogens (tertiary/aromatic N) is 1. The number of ether oxygens (including phenoxy) is 3. The van der Waals surface area contributed by atoms with E-state index in [1.165, 1.54) is 0 Å². The lowest BCUT2D eigenvalue weighted by atomic mass is 10.1. The Labute approximate surface area is 120 Å². The summed E-state index contributed by atoms with van der Waals surface area (Å²) in [6, 6.07) is 5.79. The van der Waals surface area contributed by atoms with Crippen molar-refractivity contribution in [3.8, 4) is 5.75 Å². The fraction of sp³-hybridized carbons (Fsp3) is 0.600. The van der Waals surface area contributed by atoms with Gasteiger partial charge in [0.1, 0.15) is 18.0 Å². The fourth-order valence-corrected chi connectivity index (χ4v) is 2.80. The molecule has 1 fully saturated rings. The minimum absolute atomic E-state index is 0.0352. The summed E-state index contributed by atoms with van der Waals surface area (Å²) in [7, 11) is 5.01. The zero-order valence-electron chi connectivity index (χ0n) is 12.5. The quantitative estimate of drug-likeness (QED) is 0.888. The molecular formula is C15H23NO4. The minimum atomic E-state index is -0.594. The Morgan fingerprint density at radius 3 is 2.20 bits per heavy atom. The normalized spacial score (nSPS) is 23.9. The number of hydrogen-bond acceptors (Lipinski definition) is 5. The highest BCUT2D eigenvalue weighted by Gasteiger charge is 2.34. The van der Waals surface area contributed by atoms with E-state index in [4.69, 9.17) is 14.2 Å². The molecule has 112 valence electrons. The summed E-state index contributed by atoms with van der Waals surface area (Å²) in [6.07, 6.45) is -0.523. The molecule has 1 N–H and O–H groups in total. The lowest BCUT2D eigenvalue weighted by Crippen LogP contribution is -2.27. The van der Waals surface area contributed by atoms with Crippen molar-refractivity contribution in [1.82, 2.24) is 0 Å². The van der Waals surface area contributed by atoms with Crippen LogP contribution < -0.4 is 9.64 Å². The second-order valence-corrected chi connectivity index (χ2v) is 5.02. The van der Waals surface area contributed by atoms with Gasteiger partial charge in [0.05, 0.1) is 13.2 Å². The third kappa shape index (κ3) is 2.75. The zero-order valence-corrected chi connectivity index (χ0v) is 12.5. The van der Waals surface area contributed by atoms with Gasteiger partial charge in [0.2, 0.25) is 0 Å². The van der Waals surface area contributed by atoms with E-state index < -0.39 is 6.10 Å². The number of benzene rings is 1. The first-order valence-electron chi connectivity index (χ1n) is 6.77. The molecule has 0 amide bonds. The van der Waals surface area contributed by atoms with E-state index in [9.17, 15) is 5.11 Å². The first kappa shape index (κ1) is 15.1. The predicted octanol–water partition coefficient (Wildman–Crippen LogP) is 1.60. The summed E-state index contributed by atoms with van der Waals surface area (Å²) in [6.45, 7) is 3.23. The number of aliphatic hydroxyl groups excluding tert-OH is 1. The summed E-state index contributed by atoms with van der Waals surface area (Å²) in [5, 5.41) is 10.1. The zero-order chi connectivity index (χ0) is 14.7. The molecule has 0 aromatic heterocycles. The molecule has 0 saturated carbocycles. The monoisotopic (exact) mass is 281 g/mol. The van der Waals surface area contributed by atoms with Gasteiger partial charge in [-0.25, -0.2) is 0 Å². The Kier molecular flexibility index (Phi) is 4.86. The standard InChI is InChI=1S/C15H23NO4/c1-10(17)15-11(6-5-7-12(15)18-2)16-8-13(19-3)14(9-16)20-4/h5-7,10,13-14,17H,8-9H2,1-4H3/t10-,13?,14?/m0/s1. The van der Waals surface area contributed by atoms with Crippen LogP contribution in [0.1, 0.15) is 18.6 Å². The van der Waals surface area contributed by atoms with Crippen LogP contribution in [0.2, 0.25) is 0 Å². The molecule has 1 aliphatic rings. The Hall–Kier alpha value is -1.30. The second kappa shape index (κ2) is 6.43. The molecule has 0 aliphatic carbocycles. The third-order valence-corrected chi connectivity index (χ3v) is 3.84. The Morgan fingerprint density at radius 2 is 1.75 bits per heavy atom. The third-order valence-electron chi connectivity index (χ3n) is 3.84. The number of aliphatic hydroxyl groups is 1. The Morgan fingerprint density at radius 1 is 1.15 bits per heavy atom. The van der Waals surface area contributed by atoms with Crippen molar-refractivity contribution in [3.05, 3.63) is 23.8 Å². The van der Waals surface area contributed by atoms with Gasteiger partial charge in [0, 0.05) is 38.6 Å². The van der Waals surface area contributed by atoms with Crippen LogP contribution in [0.15, 0.2) is 18.2 Å². The van der Waals surface area contributed by atoms with E-state index in [1.807, 2.05) is 18.2 Å². The van der Waals surface area contributed by atoms with Gasteiger partial charge in [0.25, 0.3) is 0 Å². The Bertz CT molecular complexity index is 437. The van der Waals surface area contributed by atoms with Crippen molar-refractivity contribution in [1.29, 1.82) is 0 Å². The molecule has 0 bridgehead atoms. The van der Waals surface area contributed by atoms with Gasteiger partial charge < -0.3 is 24.2 Å². The van der Waals surface area contributed by atoms with Gasteiger partial charge in [-0.1, -0.05) is 6.07 Å². The van der Waals surface area contributed by atoms with E-state index in [-0.39, 0.29) is 12.2 Å². The average molecular weight is 281 g/mol. The topological polar surface area (TPSA) is 51.2 Å². The molecule has 3 atom stereocenters. The first-order chi connectivity index (χ1) is 9.62. The molecule has 1 saturated heterocycles. The van der Waals surface area contributed by atoms with Crippen molar-refractivity contribution in [2.45, 2.75) is 25.2 Å². The van der Waals surface area contributed by atoms with E-state index in [0.717, 1.165) is 24.3 Å². The highest BCUT2D eigenvalue weighted by molar-refractivity contribution is 5.61. The lowest BCUT2D eigenvalue weighted by molar-refractivity contribution is -0.00461. The van der Waals surface area contributed by atoms with Crippen LogP contribution in [0.3, 0.4) is 0 Å². The molecule has 2 rings (SSSR count). The molecule has 1 aromatic rings. The first-order valence-corrected chi connectivity index (χ1v) is 6.77. The summed E-state index contributed by atoms with van der Waals surface area (Å²) >= 11 is 0. The van der Waals surface area contributed by atoms with Crippen LogP contribution in [0, 0.1) is 0 Å². The van der Waals surface area contributed by atoms with E-state index in [1.54, 1.807) is 28.3 Å². The molecule has 5 nitrogen and oxygen atoms in total. The van der Waals surface area contributed by atoms with Crippen LogP contribution >= 0.6 is 0 Å². The van der Waals surface area contributed by atoms with Crippen molar-refractivity contribution < 1.29 is 19.3 Å². The molecule has 1 heterocycles. The number of hydrogen-bond donors (Lipinski definition) is 1. The van der Waals surface area contributed by atoms with Gasteiger partial charge in [-0.3, -0.25) is 0 Å². The highest BCUT2D eigenvalue weighted by Crippen LogP contribution is 2.36. The minimum Gasteiger partial charge on any atom is -0.496 e. The molecule has 1 aliphatic heterocycles. The van der Waals surface area contributed by atoms with Gasteiger partial charge in [-0.2, -0.15) is 0 Å². The van der Waals surface area contributed by atoms with E-state index in [0.29, 0.717) is 5.75 Å². The second-order valence-electron chi connectivity index (χ2n) is 5.02. The van der Waals surface area contributed by atoms with Crippen molar-refractivity contribution >= 4 is 5.69 Å². The van der Waals surface area contributed by atoms with Crippen LogP contribution in [0.25, 0.3) is 0 Å². The number of methoxy groups -OCH3 is 3. The van der Waals surface area contributed by atoms with Crippen molar-refractivity contribution in [3.63, 3.8) is 0 Å². The maximum absolute atomic E-state index is 10.1. The highest BCUT2D eigenvalue weighted by atomic mass is 16.5. The smallest absolute Gasteiger partial charge is 0.126 e. The van der Waals surface area contributed by atoms with Gasteiger partial charge in [-0.15, -0.1) is 0 Å². The summed E-state index contributed by atoms with van der Waals surface area (Å²) in [5.41, 5.74) is 1.78. The molecule has 0 spiro atoms. The molecular weight excluding hydrogens is 258 g/mol. The van der Waals surface area contributed by atoms with Gasteiger partial charge in [-0.05, 0) is 19.1 Å². The van der Waals surface area contributed by atoms with Gasteiger partial charge >= 0.3 is 0 Å². The molecule has 1 aromatic carbocycles. The summed E-state index contributed by atoms with van der Waals surface area (Å²) in [4.78, 5) is 2.17. The fourth-order valence-electron chi connectivity index (χ4n) is 2.80. The SMILES string of the molecule is COc1cccc(N2CC(OC)C(OC)C2)c1[C@H](C)O. The van der Waals surface area contributed by atoms with Crippen LogP contribution in [0.4, 0.5) is 5.69 Å². The van der Waals surface area contributed by atoms with Crippen molar-refractivity contribution in [2.75, 3.05) is 39.3 Å². The van der Waals surface area contributed by atoms with Crippen LogP contribution in [0.5, 0.6) is 5.75 Å². The van der Waals surface area contributed by atoms with Gasteiger partial charge in [0.15, 0.2) is 0 Å². The number of anilines is 1. The average Bonchev–Trinajstić information content (AvgIpc) is 2.89. The molecule has 2 unspecified atom stereocenters. The summed E-state index contributed by atoms with van der Waals surface area (Å²) < 4.78 is 16.3. The Balaban J connectivity index is 2.34. The molecule has 20 heavy (non-hydrogen) atoms. The maximum Gasteiger partial charge on any atom is 0.126 e. The molecule has 5 heteroatoms. The van der Waals surface area contributed by atoms with Crippen LogP contribution in [-0.2, 0) is 9.47 Å². The van der Waals surface area contributed by atoms with Crippen molar-refractivity contribution in [2.24, 2.45) is 0 Å². The van der Waals surface area contributed by atoms with E-state index >= 15 is 0 Å². The summed E-state index contributed by atoms with van der Waals surface area (Å²) in [5.74, 6) is 0.701.